The fourth-order valence-corrected chi connectivity index (χ4v) is 4.27. The molecule has 0 fully saturated rings. The zero-order valence-corrected chi connectivity index (χ0v) is 21.2. The molecule has 0 radical (unpaired) electrons. The Hall–Kier alpha value is -5.11. The van der Waals surface area contributed by atoms with Crippen molar-refractivity contribution in [3.8, 4) is 23.3 Å². The summed E-state index contributed by atoms with van der Waals surface area (Å²) in [6, 6.07) is 15.8. The number of rotatable bonds is 7. The summed E-state index contributed by atoms with van der Waals surface area (Å²) >= 11 is 0. The number of ether oxygens (including phenoxy) is 3. The van der Waals surface area contributed by atoms with E-state index in [1.165, 1.54) is 26.2 Å². The van der Waals surface area contributed by atoms with E-state index in [9.17, 15) is 14.9 Å². The maximum Gasteiger partial charge on any atom is 0.355 e. The maximum atomic E-state index is 13.3. The van der Waals surface area contributed by atoms with Gasteiger partial charge in [0.2, 0.25) is 11.8 Å². The summed E-state index contributed by atoms with van der Waals surface area (Å²) in [5.74, 6) is -1.83. The van der Waals surface area contributed by atoms with E-state index in [-0.39, 0.29) is 40.0 Å². The standard InChI is InChI=1S/C27H25N5O6/c1-5-20-30-31-25(38-20)16-11-12-19(35-2)18(13-16)32-23(27(34)37-4)22(26(33)36-3)21(17(14-28)24(32)29)15-9-7-6-8-10-15/h6-13,21H,5,29H2,1-4H3. The Kier molecular flexibility index (Phi) is 7.43. The molecule has 2 heterocycles. The Bertz CT molecular complexity index is 1490. The van der Waals surface area contributed by atoms with Crippen LogP contribution < -0.4 is 15.4 Å². The average molecular weight is 516 g/mol. The van der Waals surface area contributed by atoms with Crippen LogP contribution in [0, 0.1) is 11.3 Å². The predicted octanol–water partition coefficient (Wildman–Crippen LogP) is 3.21. The molecule has 3 aromatic rings. The van der Waals surface area contributed by atoms with E-state index in [1.54, 1.807) is 48.5 Å². The number of nitriles is 1. The van der Waals surface area contributed by atoms with Crippen LogP contribution in [0.2, 0.25) is 0 Å². The number of esters is 2. The summed E-state index contributed by atoms with van der Waals surface area (Å²) < 4.78 is 21.4. The SMILES string of the molecule is CCc1nnc(-c2ccc(OC)c(N3C(N)=C(C#N)C(c4ccccc4)C(C(=O)OC)=C3C(=O)OC)c2)o1. The molecular weight excluding hydrogens is 490 g/mol. The van der Waals surface area contributed by atoms with E-state index in [2.05, 4.69) is 16.3 Å². The minimum Gasteiger partial charge on any atom is -0.495 e. The first kappa shape index (κ1) is 26.0. The van der Waals surface area contributed by atoms with Crippen molar-refractivity contribution in [2.24, 2.45) is 5.73 Å². The van der Waals surface area contributed by atoms with Gasteiger partial charge in [0.25, 0.3) is 0 Å². The molecule has 1 aromatic heterocycles. The molecular formula is C27H25N5O6. The second-order valence-corrected chi connectivity index (χ2v) is 8.08. The fraction of sp³-hybridized carbons (Fsp3) is 0.222. The van der Waals surface area contributed by atoms with Gasteiger partial charge in [-0.05, 0) is 23.8 Å². The summed E-state index contributed by atoms with van der Waals surface area (Å²) in [6.07, 6.45) is 0.544. The number of anilines is 1. The molecule has 1 aliphatic rings. The number of hydrogen-bond acceptors (Lipinski definition) is 11. The molecule has 1 atom stereocenters. The first-order chi connectivity index (χ1) is 18.4. The molecule has 0 spiro atoms. The summed E-state index contributed by atoms with van der Waals surface area (Å²) in [5, 5.41) is 18.3. The van der Waals surface area contributed by atoms with Gasteiger partial charge in [-0.25, -0.2) is 9.59 Å². The topological polar surface area (TPSA) is 154 Å². The molecule has 38 heavy (non-hydrogen) atoms. The Morgan fingerprint density at radius 1 is 1.08 bits per heavy atom. The lowest BCUT2D eigenvalue weighted by Crippen LogP contribution is -2.41. The van der Waals surface area contributed by atoms with Crippen molar-refractivity contribution in [3.63, 3.8) is 0 Å². The van der Waals surface area contributed by atoms with Crippen molar-refractivity contribution in [1.82, 2.24) is 10.2 Å². The Labute approximate surface area is 218 Å². The van der Waals surface area contributed by atoms with Crippen LogP contribution in [0.15, 0.2) is 75.6 Å². The molecule has 0 saturated carbocycles. The van der Waals surface area contributed by atoms with Gasteiger partial charge in [-0.3, -0.25) is 4.90 Å². The number of nitrogens with two attached hydrogens (primary N) is 1. The van der Waals surface area contributed by atoms with Crippen molar-refractivity contribution in [2.45, 2.75) is 19.3 Å². The van der Waals surface area contributed by atoms with Crippen molar-refractivity contribution in [2.75, 3.05) is 26.2 Å². The molecule has 1 aliphatic heterocycles. The summed E-state index contributed by atoms with van der Waals surface area (Å²) in [6.45, 7) is 1.88. The number of carbonyl (C=O) groups is 2. The molecule has 0 saturated heterocycles. The smallest absolute Gasteiger partial charge is 0.355 e. The third-order valence-electron chi connectivity index (χ3n) is 6.05. The molecule has 11 heteroatoms. The van der Waals surface area contributed by atoms with Crippen molar-refractivity contribution in [1.29, 1.82) is 5.26 Å². The predicted molar refractivity (Wildman–Crippen MR) is 135 cm³/mol. The molecule has 0 bridgehead atoms. The largest absolute Gasteiger partial charge is 0.495 e. The van der Waals surface area contributed by atoms with E-state index < -0.39 is 17.9 Å². The quantitative estimate of drug-likeness (QED) is 0.461. The third-order valence-corrected chi connectivity index (χ3v) is 6.05. The second-order valence-electron chi connectivity index (χ2n) is 8.08. The molecule has 2 aromatic carbocycles. The number of aryl methyl sites for hydroxylation is 1. The van der Waals surface area contributed by atoms with Gasteiger partial charge in [0.05, 0.1) is 50.2 Å². The first-order valence-corrected chi connectivity index (χ1v) is 11.6. The van der Waals surface area contributed by atoms with Crippen molar-refractivity contribution >= 4 is 17.6 Å². The molecule has 0 aliphatic carbocycles. The molecule has 4 rings (SSSR count). The van der Waals surface area contributed by atoms with Gasteiger partial charge in [0, 0.05) is 12.0 Å². The highest BCUT2D eigenvalue weighted by atomic mass is 16.5. The number of methoxy groups -OCH3 is 3. The zero-order valence-electron chi connectivity index (χ0n) is 21.2. The minimum absolute atomic E-state index is 0.0303. The number of carbonyl (C=O) groups excluding carboxylic acids is 2. The van der Waals surface area contributed by atoms with E-state index >= 15 is 0 Å². The molecule has 0 amide bonds. The second kappa shape index (κ2) is 10.9. The highest BCUT2D eigenvalue weighted by Gasteiger charge is 2.43. The summed E-state index contributed by atoms with van der Waals surface area (Å²) in [4.78, 5) is 27.8. The van der Waals surface area contributed by atoms with Crippen molar-refractivity contribution in [3.05, 3.63) is 82.6 Å². The van der Waals surface area contributed by atoms with Crippen molar-refractivity contribution < 1.29 is 28.2 Å². The minimum atomic E-state index is -0.990. The molecule has 194 valence electrons. The number of allylic oxidation sites excluding steroid dienone is 1. The Morgan fingerprint density at radius 3 is 2.37 bits per heavy atom. The van der Waals surface area contributed by atoms with Gasteiger partial charge in [0.1, 0.15) is 17.3 Å². The van der Waals surface area contributed by atoms with Crippen LogP contribution in [-0.2, 0) is 25.5 Å². The Balaban J connectivity index is 2.06. The summed E-state index contributed by atoms with van der Waals surface area (Å²) in [5.41, 5.74) is 7.58. The fourth-order valence-electron chi connectivity index (χ4n) is 4.27. The van der Waals surface area contributed by atoms with Gasteiger partial charge < -0.3 is 24.4 Å². The van der Waals surface area contributed by atoms with Gasteiger partial charge >= 0.3 is 11.9 Å². The highest BCUT2D eigenvalue weighted by Crippen LogP contribution is 2.46. The number of aromatic nitrogens is 2. The first-order valence-electron chi connectivity index (χ1n) is 11.6. The highest BCUT2D eigenvalue weighted by molar-refractivity contribution is 6.06. The van der Waals surface area contributed by atoms with Crippen LogP contribution in [0.1, 0.15) is 24.3 Å². The van der Waals surface area contributed by atoms with E-state index in [4.69, 9.17) is 24.4 Å². The average Bonchev–Trinajstić information content (AvgIpc) is 3.45. The third kappa shape index (κ3) is 4.43. The van der Waals surface area contributed by atoms with Gasteiger partial charge in [0.15, 0.2) is 0 Å². The zero-order chi connectivity index (χ0) is 27.4. The van der Waals surface area contributed by atoms with Crippen LogP contribution in [-0.4, -0.2) is 43.5 Å². The van der Waals surface area contributed by atoms with Crippen LogP contribution in [0.25, 0.3) is 11.5 Å². The summed E-state index contributed by atoms with van der Waals surface area (Å²) in [7, 11) is 3.80. The van der Waals surface area contributed by atoms with Crippen LogP contribution in [0.3, 0.4) is 0 Å². The maximum absolute atomic E-state index is 13.3. The van der Waals surface area contributed by atoms with E-state index in [1.807, 2.05) is 6.92 Å². The molecule has 1 unspecified atom stereocenters. The Morgan fingerprint density at radius 2 is 1.79 bits per heavy atom. The van der Waals surface area contributed by atoms with Crippen LogP contribution in [0.4, 0.5) is 5.69 Å². The van der Waals surface area contributed by atoms with Gasteiger partial charge in [-0.1, -0.05) is 37.3 Å². The molecule has 11 nitrogen and oxygen atoms in total. The number of nitrogens with zero attached hydrogens (tertiary/aromatic N) is 4. The number of hydrogen-bond donors (Lipinski definition) is 1. The lowest BCUT2D eigenvalue weighted by atomic mass is 9.81. The van der Waals surface area contributed by atoms with Crippen LogP contribution in [0.5, 0.6) is 5.75 Å². The van der Waals surface area contributed by atoms with E-state index in [0.717, 1.165) is 0 Å². The molecule has 2 N–H and O–H groups in total. The normalized spacial score (nSPS) is 15.2. The lowest BCUT2D eigenvalue weighted by Gasteiger charge is -2.36. The number of benzene rings is 2. The van der Waals surface area contributed by atoms with Gasteiger partial charge in [-0.15, -0.1) is 10.2 Å². The van der Waals surface area contributed by atoms with Crippen LogP contribution >= 0.6 is 0 Å². The van der Waals surface area contributed by atoms with E-state index in [0.29, 0.717) is 23.4 Å². The monoisotopic (exact) mass is 515 g/mol. The lowest BCUT2D eigenvalue weighted by molar-refractivity contribution is -0.139. The van der Waals surface area contributed by atoms with Gasteiger partial charge in [-0.2, -0.15) is 5.26 Å².